The lowest BCUT2D eigenvalue weighted by atomic mass is 9.73. The van der Waals surface area contributed by atoms with Gasteiger partial charge in [0.2, 0.25) is 0 Å². The Labute approximate surface area is 111 Å². The molecule has 0 spiro atoms. The summed E-state index contributed by atoms with van der Waals surface area (Å²) in [7, 11) is 0. The maximum absolute atomic E-state index is 10.0. The molecule has 1 N–H and O–H groups in total. The number of rotatable bonds is 6. The van der Waals surface area contributed by atoms with Gasteiger partial charge in [-0.15, -0.1) is 0 Å². The third kappa shape index (κ3) is 1.48. The van der Waals surface area contributed by atoms with Crippen LogP contribution in [0.4, 0.5) is 0 Å². The third-order valence-corrected chi connectivity index (χ3v) is 6.61. The smallest absolute Gasteiger partial charge is 0.154 e. The summed E-state index contributed by atoms with van der Waals surface area (Å²) in [6, 6.07) is 0. The van der Waals surface area contributed by atoms with Crippen molar-refractivity contribution in [1.82, 2.24) is 0 Å². The lowest BCUT2D eigenvalue weighted by Gasteiger charge is -2.34. The van der Waals surface area contributed by atoms with Crippen molar-refractivity contribution in [2.75, 3.05) is 0 Å². The van der Waals surface area contributed by atoms with E-state index in [4.69, 9.17) is 4.74 Å². The first-order chi connectivity index (χ1) is 8.40. The molecule has 0 bridgehead atoms. The fraction of sp³-hybridized carbons (Fsp3) is 1.00. The van der Waals surface area contributed by atoms with E-state index in [1.54, 1.807) is 0 Å². The molecule has 0 amide bonds. The zero-order valence-electron chi connectivity index (χ0n) is 12.3. The molecule has 3 rings (SSSR count). The van der Waals surface area contributed by atoms with Crippen LogP contribution < -0.4 is 0 Å². The van der Waals surface area contributed by atoms with E-state index in [-0.39, 0.29) is 0 Å². The Hall–Kier alpha value is -0.0800. The Balaban J connectivity index is 1.47. The third-order valence-electron chi connectivity index (χ3n) is 6.61. The maximum atomic E-state index is 10.0. The fourth-order valence-electron chi connectivity index (χ4n) is 5.12. The molecule has 3 unspecified atom stereocenters. The zero-order valence-corrected chi connectivity index (χ0v) is 12.3. The van der Waals surface area contributed by atoms with Crippen molar-refractivity contribution < 1.29 is 9.84 Å². The van der Waals surface area contributed by atoms with Gasteiger partial charge in [-0.05, 0) is 48.9 Å². The number of aliphatic hydroxyl groups is 1. The molecular weight excluding hydrogens is 224 g/mol. The van der Waals surface area contributed by atoms with Crippen molar-refractivity contribution in [2.45, 2.75) is 72.2 Å². The number of hydrogen-bond donors (Lipinski definition) is 1. The van der Waals surface area contributed by atoms with Gasteiger partial charge in [-0.1, -0.05) is 34.1 Å². The van der Waals surface area contributed by atoms with Gasteiger partial charge < -0.3 is 9.84 Å². The van der Waals surface area contributed by atoms with E-state index in [9.17, 15) is 5.11 Å². The minimum absolute atomic E-state index is 0.320. The molecule has 0 aliphatic heterocycles. The van der Waals surface area contributed by atoms with E-state index in [0.29, 0.717) is 16.9 Å². The number of aliphatic hydroxyl groups excluding tert-OH is 1. The van der Waals surface area contributed by atoms with E-state index in [2.05, 4.69) is 27.7 Å². The second-order valence-corrected chi connectivity index (χ2v) is 7.69. The number of hydrogen-bond acceptors (Lipinski definition) is 2. The predicted molar refractivity (Wildman–Crippen MR) is 72.0 cm³/mol. The molecule has 2 nitrogen and oxygen atoms in total. The number of fused-ring (bicyclic) bond motifs is 1. The topological polar surface area (TPSA) is 29.5 Å². The van der Waals surface area contributed by atoms with Crippen LogP contribution in [0.25, 0.3) is 0 Å². The summed E-state index contributed by atoms with van der Waals surface area (Å²) < 4.78 is 5.97. The standard InChI is InChI=1S/C16H28O2/c1-10(2)6-5-7-14(17)18-13-9-11-8-12-15(11,3)16(12,13)4/h10-14,17H,5-9H2,1-4H3/t11-,12?,13+,14?,15?,16+/m0/s1. The summed E-state index contributed by atoms with van der Waals surface area (Å²) in [6.07, 6.45) is 5.45. The van der Waals surface area contributed by atoms with E-state index in [1.165, 1.54) is 19.3 Å². The molecule has 3 saturated carbocycles. The fourth-order valence-corrected chi connectivity index (χ4v) is 5.12. The van der Waals surface area contributed by atoms with Gasteiger partial charge in [-0.25, -0.2) is 0 Å². The lowest BCUT2D eigenvalue weighted by molar-refractivity contribution is -0.161. The molecule has 6 atom stereocenters. The van der Waals surface area contributed by atoms with Gasteiger partial charge in [0.1, 0.15) is 0 Å². The first kappa shape index (κ1) is 12.9. The lowest BCUT2D eigenvalue weighted by Crippen LogP contribution is -2.32. The summed E-state index contributed by atoms with van der Waals surface area (Å²) >= 11 is 0. The Morgan fingerprint density at radius 3 is 2.39 bits per heavy atom. The molecule has 0 heterocycles. The normalized spacial score (nSPS) is 50.0. The van der Waals surface area contributed by atoms with Crippen LogP contribution in [-0.2, 0) is 4.74 Å². The SMILES string of the molecule is CC(C)CCCC(O)O[C@@H]1C[C@@H]2CC3C2(C)[C@]31C. The van der Waals surface area contributed by atoms with Crippen molar-refractivity contribution >= 4 is 0 Å². The molecule has 0 aromatic carbocycles. The van der Waals surface area contributed by atoms with Crippen molar-refractivity contribution in [1.29, 1.82) is 0 Å². The first-order valence-electron chi connectivity index (χ1n) is 7.74. The molecule has 0 radical (unpaired) electrons. The predicted octanol–water partition coefficient (Wildman–Crippen LogP) is 3.58. The molecule has 3 aliphatic rings. The van der Waals surface area contributed by atoms with Crippen LogP contribution in [0.5, 0.6) is 0 Å². The van der Waals surface area contributed by atoms with E-state index < -0.39 is 6.29 Å². The van der Waals surface area contributed by atoms with Crippen LogP contribution in [0.3, 0.4) is 0 Å². The highest BCUT2D eigenvalue weighted by Gasteiger charge is 2.86. The van der Waals surface area contributed by atoms with Gasteiger partial charge in [0.05, 0.1) is 6.10 Å². The average molecular weight is 252 g/mol. The van der Waals surface area contributed by atoms with Gasteiger partial charge in [0.25, 0.3) is 0 Å². The van der Waals surface area contributed by atoms with Crippen LogP contribution in [0.15, 0.2) is 0 Å². The minimum Gasteiger partial charge on any atom is -0.368 e. The molecule has 3 fully saturated rings. The van der Waals surface area contributed by atoms with Crippen LogP contribution in [0.2, 0.25) is 0 Å². The highest BCUT2D eigenvalue weighted by atomic mass is 16.6. The molecular formula is C16H28O2. The summed E-state index contributed by atoms with van der Waals surface area (Å²) in [5.41, 5.74) is 0.950. The molecule has 3 aliphatic carbocycles. The van der Waals surface area contributed by atoms with Gasteiger partial charge in [-0.3, -0.25) is 0 Å². The molecule has 0 saturated heterocycles. The van der Waals surface area contributed by atoms with Gasteiger partial charge >= 0.3 is 0 Å². The van der Waals surface area contributed by atoms with E-state index >= 15 is 0 Å². The summed E-state index contributed by atoms with van der Waals surface area (Å²) in [5, 5.41) is 10.0. The molecule has 0 aromatic heterocycles. The first-order valence-corrected chi connectivity index (χ1v) is 7.74. The largest absolute Gasteiger partial charge is 0.368 e. The van der Waals surface area contributed by atoms with Crippen molar-refractivity contribution in [2.24, 2.45) is 28.6 Å². The second kappa shape index (κ2) is 3.96. The molecule has 18 heavy (non-hydrogen) atoms. The maximum Gasteiger partial charge on any atom is 0.154 e. The van der Waals surface area contributed by atoms with Crippen LogP contribution in [-0.4, -0.2) is 17.5 Å². The van der Waals surface area contributed by atoms with Gasteiger partial charge in [0.15, 0.2) is 6.29 Å². The van der Waals surface area contributed by atoms with Gasteiger partial charge in [-0.2, -0.15) is 0 Å². The second-order valence-electron chi connectivity index (χ2n) is 7.69. The highest BCUT2D eigenvalue weighted by molar-refractivity contribution is 5.34. The Morgan fingerprint density at radius 1 is 1.17 bits per heavy atom. The summed E-state index contributed by atoms with van der Waals surface area (Å²) in [6.45, 7) is 9.28. The summed E-state index contributed by atoms with van der Waals surface area (Å²) in [5.74, 6) is 2.48. The van der Waals surface area contributed by atoms with E-state index in [1.807, 2.05) is 0 Å². The Bertz CT molecular complexity index is 334. The van der Waals surface area contributed by atoms with Crippen molar-refractivity contribution in [3.8, 4) is 0 Å². The minimum atomic E-state index is -0.534. The zero-order chi connectivity index (χ0) is 13.1. The summed E-state index contributed by atoms with van der Waals surface area (Å²) in [4.78, 5) is 0. The molecule has 0 aromatic rings. The Morgan fingerprint density at radius 2 is 1.89 bits per heavy atom. The van der Waals surface area contributed by atoms with Crippen molar-refractivity contribution in [3.05, 3.63) is 0 Å². The number of ether oxygens (including phenoxy) is 1. The Kier molecular flexibility index (Phi) is 2.84. The van der Waals surface area contributed by atoms with Crippen LogP contribution in [0.1, 0.15) is 59.8 Å². The van der Waals surface area contributed by atoms with Crippen molar-refractivity contribution in [3.63, 3.8) is 0 Å². The van der Waals surface area contributed by atoms with Crippen LogP contribution >= 0.6 is 0 Å². The van der Waals surface area contributed by atoms with Gasteiger partial charge in [0, 0.05) is 5.41 Å². The highest BCUT2D eigenvalue weighted by Crippen LogP contribution is 2.89. The average Bonchev–Trinajstić information content (AvgIpc) is 2.59. The van der Waals surface area contributed by atoms with E-state index in [0.717, 1.165) is 30.6 Å². The monoisotopic (exact) mass is 252 g/mol. The quantitative estimate of drug-likeness (QED) is 0.732. The molecule has 104 valence electrons. The molecule has 2 heteroatoms. The van der Waals surface area contributed by atoms with Crippen LogP contribution in [0, 0.1) is 28.6 Å².